The molecule has 6 nitrogen and oxygen atoms in total. The van der Waals surface area contributed by atoms with Crippen molar-refractivity contribution in [1.29, 1.82) is 0 Å². The van der Waals surface area contributed by atoms with Gasteiger partial charge in [-0.2, -0.15) is 0 Å². The van der Waals surface area contributed by atoms with E-state index < -0.39 is 0 Å². The van der Waals surface area contributed by atoms with Crippen molar-refractivity contribution in [1.82, 2.24) is 15.2 Å². The third-order valence-corrected chi connectivity index (χ3v) is 6.34. The van der Waals surface area contributed by atoms with Crippen molar-refractivity contribution in [2.24, 2.45) is 0 Å². The third-order valence-electron chi connectivity index (χ3n) is 6.34. The van der Waals surface area contributed by atoms with E-state index in [0.717, 1.165) is 26.0 Å². The molecule has 0 unspecified atom stereocenters. The number of hydrogen-bond donors (Lipinski definition) is 1. The lowest BCUT2D eigenvalue weighted by Gasteiger charge is -2.29. The van der Waals surface area contributed by atoms with Crippen molar-refractivity contribution in [3.05, 3.63) is 88.6 Å². The van der Waals surface area contributed by atoms with E-state index in [4.69, 9.17) is 9.15 Å². The lowest BCUT2D eigenvalue weighted by Crippen LogP contribution is -2.32. The van der Waals surface area contributed by atoms with E-state index in [1.54, 1.807) is 0 Å². The summed E-state index contributed by atoms with van der Waals surface area (Å²) in [5.41, 5.74) is 5.32. The molecule has 2 atom stereocenters. The first-order chi connectivity index (χ1) is 16.0. The zero-order chi connectivity index (χ0) is 23.2. The summed E-state index contributed by atoms with van der Waals surface area (Å²) >= 11 is 0. The van der Waals surface area contributed by atoms with Crippen LogP contribution in [0.2, 0.25) is 0 Å². The Labute approximate surface area is 196 Å². The van der Waals surface area contributed by atoms with Crippen LogP contribution in [0.25, 0.3) is 0 Å². The number of amides is 1. The monoisotopic (exact) mass is 447 g/mol. The van der Waals surface area contributed by atoms with E-state index in [0.29, 0.717) is 24.7 Å². The highest BCUT2D eigenvalue weighted by atomic mass is 16.5. The molecule has 0 aliphatic carbocycles. The van der Waals surface area contributed by atoms with Gasteiger partial charge in [0.15, 0.2) is 5.69 Å². The zero-order valence-electron chi connectivity index (χ0n) is 19.7. The van der Waals surface area contributed by atoms with Gasteiger partial charge in [0.2, 0.25) is 5.89 Å². The van der Waals surface area contributed by atoms with Gasteiger partial charge in [-0.05, 0) is 50.3 Å². The molecule has 33 heavy (non-hydrogen) atoms. The van der Waals surface area contributed by atoms with E-state index in [2.05, 4.69) is 78.4 Å². The molecule has 6 heteroatoms. The average molecular weight is 448 g/mol. The van der Waals surface area contributed by atoms with Crippen LogP contribution in [0.5, 0.6) is 0 Å². The van der Waals surface area contributed by atoms with Crippen molar-refractivity contribution in [3.63, 3.8) is 0 Å². The minimum Gasteiger partial charge on any atom is -0.447 e. The molecule has 4 rings (SSSR count). The zero-order valence-corrected chi connectivity index (χ0v) is 19.7. The van der Waals surface area contributed by atoms with Gasteiger partial charge in [-0.1, -0.05) is 54.1 Å². The summed E-state index contributed by atoms with van der Waals surface area (Å²) in [6.45, 7) is 8.98. The maximum absolute atomic E-state index is 12.5. The minimum absolute atomic E-state index is 0.0975. The molecular weight excluding hydrogens is 414 g/mol. The molecule has 1 fully saturated rings. The molecule has 2 aromatic carbocycles. The normalized spacial score (nSPS) is 16.8. The number of benzene rings is 2. The van der Waals surface area contributed by atoms with E-state index in [9.17, 15) is 4.79 Å². The van der Waals surface area contributed by atoms with Crippen molar-refractivity contribution in [3.8, 4) is 0 Å². The molecule has 1 saturated heterocycles. The van der Waals surface area contributed by atoms with Crippen molar-refractivity contribution >= 4 is 5.91 Å². The molecule has 2 heterocycles. The van der Waals surface area contributed by atoms with Gasteiger partial charge in [0.05, 0.1) is 12.6 Å². The quantitative estimate of drug-likeness (QED) is 0.502. The largest absolute Gasteiger partial charge is 0.447 e. The second-order valence-corrected chi connectivity index (χ2v) is 8.89. The van der Waals surface area contributed by atoms with Crippen molar-refractivity contribution in [2.45, 2.75) is 58.8 Å². The first-order valence-corrected chi connectivity index (χ1v) is 11.7. The van der Waals surface area contributed by atoms with Gasteiger partial charge in [-0.25, -0.2) is 4.98 Å². The Hall–Kier alpha value is -2.96. The Morgan fingerprint density at radius 3 is 2.73 bits per heavy atom. The number of ether oxygens (including phenoxy) is 1. The number of nitrogens with zero attached hydrogens (tertiary/aromatic N) is 2. The lowest BCUT2D eigenvalue weighted by molar-refractivity contribution is 0.0853. The topological polar surface area (TPSA) is 67.6 Å². The van der Waals surface area contributed by atoms with Crippen LogP contribution in [0.15, 0.2) is 59.2 Å². The summed E-state index contributed by atoms with van der Waals surface area (Å²) in [6, 6.07) is 17.1. The number of rotatable bonds is 9. The van der Waals surface area contributed by atoms with Gasteiger partial charge >= 0.3 is 0 Å². The molecule has 1 aliphatic rings. The molecule has 1 N–H and O–H groups in total. The van der Waals surface area contributed by atoms with Crippen molar-refractivity contribution < 1.29 is 13.9 Å². The van der Waals surface area contributed by atoms with Crippen LogP contribution >= 0.6 is 0 Å². The Bertz CT molecular complexity index is 1060. The van der Waals surface area contributed by atoms with Gasteiger partial charge in [-0.3, -0.25) is 9.69 Å². The minimum atomic E-state index is -0.225. The van der Waals surface area contributed by atoms with E-state index in [-0.39, 0.29) is 18.1 Å². The van der Waals surface area contributed by atoms with Gasteiger partial charge < -0.3 is 14.5 Å². The Morgan fingerprint density at radius 2 is 2.00 bits per heavy atom. The van der Waals surface area contributed by atoms with Gasteiger partial charge in [0, 0.05) is 25.7 Å². The van der Waals surface area contributed by atoms with E-state index in [1.165, 1.54) is 28.5 Å². The van der Waals surface area contributed by atoms with E-state index in [1.807, 2.05) is 6.07 Å². The first-order valence-electron chi connectivity index (χ1n) is 11.7. The summed E-state index contributed by atoms with van der Waals surface area (Å²) in [4.78, 5) is 19.3. The highest BCUT2D eigenvalue weighted by molar-refractivity contribution is 5.91. The fourth-order valence-corrected chi connectivity index (χ4v) is 4.28. The van der Waals surface area contributed by atoms with Crippen LogP contribution in [0.3, 0.4) is 0 Å². The molecule has 0 spiro atoms. The number of carbonyl (C=O) groups is 1. The molecule has 1 aliphatic heterocycles. The second-order valence-electron chi connectivity index (χ2n) is 8.89. The van der Waals surface area contributed by atoms with Crippen LogP contribution in [-0.2, 0) is 17.8 Å². The van der Waals surface area contributed by atoms with Crippen LogP contribution < -0.4 is 5.32 Å². The molecule has 0 bridgehead atoms. The van der Waals surface area contributed by atoms with E-state index >= 15 is 0 Å². The summed E-state index contributed by atoms with van der Waals surface area (Å²) in [5, 5.41) is 2.91. The van der Waals surface area contributed by atoms with Crippen molar-refractivity contribution in [2.75, 3.05) is 13.2 Å². The molecule has 0 radical (unpaired) electrons. The molecule has 1 aromatic heterocycles. The number of nitrogens with one attached hydrogen (secondary N) is 1. The third kappa shape index (κ3) is 6.09. The maximum atomic E-state index is 12.5. The standard InChI is InChI=1S/C27H33N3O3/c1-19-11-12-23(20(2)14-19)16-30(21(3)22-8-5-4-6-9-22)17-26-29-25(18-33-26)27(31)28-15-24-10-7-13-32-24/h4-6,8-9,11-12,14,18,21,24H,7,10,13,15-17H2,1-3H3,(H,28,31)/t21-,24+/m1/s1. The molecule has 0 saturated carbocycles. The SMILES string of the molecule is Cc1ccc(CN(Cc2nc(C(=O)NC[C@@H]3CCCO3)co2)[C@H](C)c2ccccc2)c(C)c1. The summed E-state index contributed by atoms with van der Waals surface area (Å²) in [5.74, 6) is 0.308. The second kappa shape index (κ2) is 10.8. The maximum Gasteiger partial charge on any atom is 0.273 e. The first kappa shape index (κ1) is 23.2. The Kier molecular flexibility index (Phi) is 7.57. The van der Waals surface area contributed by atoms with Gasteiger partial charge in [-0.15, -0.1) is 0 Å². The number of carbonyl (C=O) groups excluding carboxylic acids is 1. The fraction of sp³-hybridized carbons (Fsp3) is 0.407. The number of aromatic nitrogens is 1. The Morgan fingerprint density at radius 1 is 1.18 bits per heavy atom. The predicted octanol–water partition coefficient (Wildman–Crippen LogP) is 4.96. The van der Waals surface area contributed by atoms with Crippen LogP contribution in [0, 0.1) is 13.8 Å². The summed E-state index contributed by atoms with van der Waals surface area (Å²) in [6.07, 6.45) is 3.57. The fourth-order valence-electron chi connectivity index (χ4n) is 4.28. The number of aryl methyl sites for hydroxylation is 2. The molecular formula is C27H33N3O3. The Balaban J connectivity index is 1.48. The van der Waals surface area contributed by atoms with Crippen LogP contribution in [0.1, 0.15) is 64.4 Å². The highest BCUT2D eigenvalue weighted by Gasteiger charge is 2.22. The average Bonchev–Trinajstić information content (AvgIpc) is 3.51. The van der Waals surface area contributed by atoms with Gasteiger partial charge in [0.25, 0.3) is 5.91 Å². The number of oxazole rings is 1. The van der Waals surface area contributed by atoms with Crippen LogP contribution in [-0.4, -0.2) is 35.0 Å². The number of hydrogen-bond acceptors (Lipinski definition) is 5. The van der Waals surface area contributed by atoms with Crippen LogP contribution in [0.4, 0.5) is 0 Å². The summed E-state index contributed by atoms with van der Waals surface area (Å²) in [7, 11) is 0. The molecule has 174 valence electrons. The highest BCUT2D eigenvalue weighted by Crippen LogP contribution is 2.26. The predicted molar refractivity (Wildman–Crippen MR) is 128 cm³/mol. The smallest absolute Gasteiger partial charge is 0.273 e. The molecule has 1 amide bonds. The lowest BCUT2D eigenvalue weighted by atomic mass is 10.0. The molecule has 3 aromatic rings. The summed E-state index contributed by atoms with van der Waals surface area (Å²) < 4.78 is 11.3. The van der Waals surface area contributed by atoms with Gasteiger partial charge in [0.1, 0.15) is 6.26 Å².